The van der Waals surface area contributed by atoms with Crippen LogP contribution in [0.3, 0.4) is 0 Å². The van der Waals surface area contributed by atoms with Gasteiger partial charge in [0.05, 0.1) is 0 Å². The van der Waals surface area contributed by atoms with Gasteiger partial charge in [-0.1, -0.05) is 0 Å². The van der Waals surface area contributed by atoms with Crippen molar-refractivity contribution in [2.24, 2.45) is 0 Å². The average molecular weight is 227 g/mol. The van der Waals surface area contributed by atoms with Gasteiger partial charge in [-0.25, -0.2) is 9.97 Å². The van der Waals surface area contributed by atoms with Gasteiger partial charge >= 0.3 is 0 Å². The maximum Gasteiger partial charge on any atom is 0.168 e. The van der Waals surface area contributed by atoms with Crippen LogP contribution in [0, 0.1) is 20.8 Å². The lowest BCUT2D eigenvalue weighted by atomic mass is 10.2. The number of carbonyl (C=O) groups is 1. The van der Waals surface area contributed by atoms with E-state index in [4.69, 9.17) is 0 Å². The van der Waals surface area contributed by atoms with Gasteiger partial charge in [0.2, 0.25) is 0 Å². The number of nitrogens with zero attached hydrogens (tertiary/aromatic N) is 3. The first-order valence-electron chi connectivity index (χ1n) is 5.35. The zero-order chi connectivity index (χ0) is 12.4. The number of hydrogen-bond donors (Lipinski definition) is 0. The first kappa shape index (κ1) is 11.4. The van der Waals surface area contributed by atoms with E-state index >= 15 is 0 Å². The summed E-state index contributed by atoms with van der Waals surface area (Å²) in [4.78, 5) is 23.6. The Morgan fingerprint density at radius 3 is 2.06 bits per heavy atom. The van der Waals surface area contributed by atoms with Gasteiger partial charge in [-0.05, 0) is 39.0 Å². The van der Waals surface area contributed by atoms with E-state index in [1.807, 2.05) is 32.9 Å². The summed E-state index contributed by atoms with van der Waals surface area (Å²) in [7, 11) is 0. The van der Waals surface area contributed by atoms with E-state index in [0.717, 1.165) is 28.9 Å². The zero-order valence-corrected chi connectivity index (χ0v) is 10.1. The molecule has 4 nitrogen and oxygen atoms in total. The third-order valence-electron chi connectivity index (χ3n) is 2.33. The molecular formula is C13H13N3O. The van der Waals surface area contributed by atoms with Gasteiger partial charge in [-0.2, -0.15) is 0 Å². The summed E-state index contributed by atoms with van der Waals surface area (Å²) in [6.45, 7) is 5.69. The second-order valence-corrected chi connectivity index (χ2v) is 4.01. The van der Waals surface area contributed by atoms with Crippen LogP contribution < -0.4 is 0 Å². The molecule has 86 valence electrons. The highest BCUT2D eigenvalue weighted by molar-refractivity contribution is 5.73. The van der Waals surface area contributed by atoms with E-state index in [0.29, 0.717) is 11.5 Å². The van der Waals surface area contributed by atoms with E-state index in [2.05, 4.69) is 15.0 Å². The van der Waals surface area contributed by atoms with Crippen molar-refractivity contribution in [2.45, 2.75) is 20.8 Å². The topological polar surface area (TPSA) is 55.7 Å². The van der Waals surface area contributed by atoms with Crippen molar-refractivity contribution in [3.05, 3.63) is 41.0 Å². The predicted octanol–water partition coefficient (Wildman–Crippen LogP) is 2.28. The second-order valence-electron chi connectivity index (χ2n) is 4.01. The van der Waals surface area contributed by atoms with E-state index in [1.165, 1.54) is 0 Å². The quantitative estimate of drug-likeness (QED) is 0.738. The molecule has 17 heavy (non-hydrogen) atoms. The summed E-state index contributed by atoms with van der Waals surface area (Å²) < 4.78 is 0. The Bertz CT molecular complexity index is 559. The highest BCUT2D eigenvalue weighted by Gasteiger charge is 2.06. The minimum absolute atomic E-state index is 0.402. The molecule has 0 unspecified atom stereocenters. The number of aldehydes is 1. The fourth-order valence-electron chi connectivity index (χ4n) is 1.75. The Morgan fingerprint density at radius 2 is 1.47 bits per heavy atom. The summed E-state index contributed by atoms with van der Waals surface area (Å²) in [6.07, 6.45) is 0.735. The third kappa shape index (κ3) is 2.53. The van der Waals surface area contributed by atoms with Gasteiger partial charge in [0.25, 0.3) is 0 Å². The molecule has 0 spiro atoms. The molecule has 2 aromatic rings. The lowest BCUT2D eigenvalue weighted by molar-refractivity contribution is 0.111. The molecular weight excluding hydrogens is 214 g/mol. The Labute approximate surface area is 99.8 Å². The van der Waals surface area contributed by atoms with Crippen molar-refractivity contribution in [3.63, 3.8) is 0 Å². The van der Waals surface area contributed by atoms with Crippen LogP contribution in [-0.4, -0.2) is 21.2 Å². The summed E-state index contributed by atoms with van der Waals surface area (Å²) >= 11 is 0. The van der Waals surface area contributed by atoms with Crippen LogP contribution in [-0.2, 0) is 0 Å². The highest BCUT2D eigenvalue weighted by Crippen LogP contribution is 2.17. The molecule has 0 amide bonds. The van der Waals surface area contributed by atoms with Gasteiger partial charge < -0.3 is 0 Å². The van der Waals surface area contributed by atoms with Gasteiger partial charge in [-0.15, -0.1) is 0 Å². The maximum absolute atomic E-state index is 10.8. The van der Waals surface area contributed by atoms with Gasteiger partial charge in [0.1, 0.15) is 5.69 Å². The van der Waals surface area contributed by atoms with Crippen molar-refractivity contribution in [1.82, 2.24) is 15.0 Å². The molecule has 4 heteroatoms. The molecule has 0 bridgehead atoms. The molecule has 2 heterocycles. The van der Waals surface area contributed by atoms with E-state index < -0.39 is 0 Å². The number of aryl methyl sites for hydroxylation is 3. The number of carbonyl (C=O) groups excluding carboxylic acids is 1. The zero-order valence-electron chi connectivity index (χ0n) is 10.1. The van der Waals surface area contributed by atoms with Crippen molar-refractivity contribution in [2.75, 3.05) is 0 Å². The summed E-state index contributed by atoms with van der Waals surface area (Å²) in [6, 6.07) is 5.49. The summed E-state index contributed by atoms with van der Waals surface area (Å²) in [5.41, 5.74) is 3.90. The Hall–Kier alpha value is -2.10. The Balaban J connectivity index is 2.59. The molecule has 0 aliphatic carbocycles. The molecule has 0 aliphatic heterocycles. The van der Waals surface area contributed by atoms with Crippen molar-refractivity contribution < 1.29 is 4.79 Å². The number of rotatable bonds is 2. The maximum atomic E-state index is 10.8. The van der Waals surface area contributed by atoms with Crippen molar-refractivity contribution in [3.8, 4) is 11.4 Å². The predicted molar refractivity (Wildman–Crippen MR) is 64.9 cm³/mol. The monoisotopic (exact) mass is 227 g/mol. The van der Waals surface area contributed by atoms with Crippen LogP contribution in [0.2, 0.25) is 0 Å². The highest BCUT2D eigenvalue weighted by atomic mass is 16.1. The van der Waals surface area contributed by atoms with Gasteiger partial charge in [0, 0.05) is 22.6 Å². The summed E-state index contributed by atoms with van der Waals surface area (Å²) in [5.74, 6) is 0.570. The van der Waals surface area contributed by atoms with Crippen LogP contribution in [0.5, 0.6) is 0 Å². The number of aromatic nitrogens is 3. The molecule has 2 aromatic heterocycles. The van der Waals surface area contributed by atoms with Crippen LogP contribution in [0.25, 0.3) is 11.4 Å². The average Bonchev–Trinajstić information content (AvgIpc) is 2.26. The van der Waals surface area contributed by atoms with E-state index in [1.54, 1.807) is 6.07 Å². The number of pyridine rings is 1. The minimum Gasteiger partial charge on any atom is -0.296 e. The molecule has 0 aromatic carbocycles. The molecule has 0 fully saturated rings. The largest absolute Gasteiger partial charge is 0.296 e. The number of hydrogen-bond acceptors (Lipinski definition) is 4. The van der Waals surface area contributed by atoms with Crippen LogP contribution in [0.4, 0.5) is 0 Å². The van der Waals surface area contributed by atoms with E-state index in [9.17, 15) is 4.79 Å². The molecule has 0 saturated heterocycles. The molecule has 0 radical (unpaired) electrons. The Morgan fingerprint density at radius 1 is 0.882 bits per heavy atom. The van der Waals surface area contributed by atoms with Crippen molar-refractivity contribution in [1.29, 1.82) is 0 Å². The molecule has 0 atom stereocenters. The Kier molecular flexibility index (Phi) is 2.95. The van der Waals surface area contributed by atoms with Crippen LogP contribution in [0.1, 0.15) is 27.6 Å². The van der Waals surface area contributed by atoms with Crippen LogP contribution >= 0.6 is 0 Å². The van der Waals surface area contributed by atoms with Gasteiger partial charge in [0.15, 0.2) is 12.1 Å². The van der Waals surface area contributed by atoms with Gasteiger partial charge in [-0.3, -0.25) is 9.78 Å². The molecule has 2 rings (SSSR count). The van der Waals surface area contributed by atoms with E-state index in [-0.39, 0.29) is 0 Å². The lowest BCUT2D eigenvalue weighted by Crippen LogP contribution is -1.98. The molecule has 0 N–H and O–H groups in total. The molecule has 0 aliphatic rings. The summed E-state index contributed by atoms with van der Waals surface area (Å²) in [5, 5.41) is 0. The normalized spacial score (nSPS) is 10.3. The smallest absolute Gasteiger partial charge is 0.168 e. The molecule has 0 saturated carbocycles. The standard InChI is InChI=1S/C13H13N3O/c1-8-4-11(5-9(2)14-8)13-15-10(3)6-12(7-17)16-13/h4-7H,1-3H3. The minimum atomic E-state index is 0.402. The first-order chi connectivity index (χ1) is 8.08. The first-order valence-corrected chi connectivity index (χ1v) is 5.35. The fourth-order valence-corrected chi connectivity index (χ4v) is 1.75. The third-order valence-corrected chi connectivity index (χ3v) is 2.33. The second kappa shape index (κ2) is 4.41. The fraction of sp³-hybridized carbons (Fsp3) is 0.231. The van der Waals surface area contributed by atoms with Crippen LogP contribution in [0.15, 0.2) is 18.2 Å². The van der Waals surface area contributed by atoms with Crippen molar-refractivity contribution >= 4 is 6.29 Å². The lowest BCUT2D eigenvalue weighted by Gasteiger charge is -2.04. The SMILES string of the molecule is Cc1cc(-c2nc(C)cc(C=O)n2)cc(C)n1.